The van der Waals surface area contributed by atoms with E-state index in [1.807, 2.05) is 0 Å². The number of fused-ring (bicyclic) bond motifs is 1. The van der Waals surface area contributed by atoms with Gasteiger partial charge in [-0.3, -0.25) is 0 Å². The predicted octanol–water partition coefficient (Wildman–Crippen LogP) is 3.34. The van der Waals surface area contributed by atoms with Gasteiger partial charge in [-0.25, -0.2) is 4.79 Å². The normalized spacial score (nSPS) is 22.4. The molecule has 0 aromatic heterocycles. The van der Waals surface area contributed by atoms with Crippen molar-refractivity contribution in [2.45, 2.75) is 57.2 Å². The number of urea groups is 1. The van der Waals surface area contributed by atoms with Gasteiger partial charge in [0.2, 0.25) is 0 Å². The first-order valence-corrected chi connectivity index (χ1v) is 9.65. The molecule has 1 saturated heterocycles. The third-order valence-corrected chi connectivity index (χ3v) is 5.02. The number of ether oxygens (including phenoxy) is 2. The van der Waals surface area contributed by atoms with Crippen LogP contribution in [0.5, 0.6) is 0 Å². The quantitative estimate of drug-likeness (QED) is 0.710. The molecule has 0 bridgehead atoms. The first-order valence-electron chi connectivity index (χ1n) is 9.65. The molecular weight excluding hydrogens is 316 g/mol. The lowest BCUT2D eigenvalue weighted by atomic mass is 9.89. The van der Waals surface area contributed by atoms with Crippen LogP contribution in [0.1, 0.15) is 55.8 Å². The molecule has 5 heteroatoms. The fourth-order valence-corrected chi connectivity index (χ4v) is 3.66. The van der Waals surface area contributed by atoms with Crippen LogP contribution in [0.25, 0.3) is 0 Å². The molecule has 25 heavy (non-hydrogen) atoms. The topological polar surface area (TPSA) is 59.6 Å². The highest BCUT2D eigenvalue weighted by Crippen LogP contribution is 2.32. The number of nitrogens with one attached hydrogen (secondary N) is 2. The van der Waals surface area contributed by atoms with Gasteiger partial charge in [-0.2, -0.15) is 0 Å². The fraction of sp³-hybridized carbons (Fsp3) is 0.650. The molecule has 0 unspecified atom stereocenters. The van der Waals surface area contributed by atoms with Crippen LogP contribution < -0.4 is 10.6 Å². The van der Waals surface area contributed by atoms with Crippen LogP contribution in [-0.4, -0.2) is 38.4 Å². The summed E-state index contributed by atoms with van der Waals surface area (Å²) in [7, 11) is 0. The smallest absolute Gasteiger partial charge is 0.314 e. The molecule has 0 saturated carbocycles. The molecule has 1 heterocycles. The number of hydrogen-bond donors (Lipinski definition) is 2. The van der Waals surface area contributed by atoms with E-state index >= 15 is 0 Å². The third-order valence-electron chi connectivity index (χ3n) is 5.02. The maximum atomic E-state index is 11.7. The van der Waals surface area contributed by atoms with Crippen LogP contribution in [0.4, 0.5) is 4.79 Å². The van der Waals surface area contributed by atoms with Gasteiger partial charge >= 0.3 is 6.03 Å². The molecule has 1 fully saturated rings. The number of benzene rings is 1. The van der Waals surface area contributed by atoms with Crippen LogP contribution in [0.3, 0.4) is 0 Å². The van der Waals surface area contributed by atoms with Crippen molar-refractivity contribution in [2.24, 2.45) is 0 Å². The molecule has 2 N–H and O–H groups in total. The maximum Gasteiger partial charge on any atom is 0.314 e. The number of hydrogen-bond acceptors (Lipinski definition) is 3. The predicted molar refractivity (Wildman–Crippen MR) is 97.7 cm³/mol. The standard InChI is InChI=1S/C20H30N2O3/c23-20(22-13-11-17-8-4-14-24-17)21-12-5-15-25-19-10-3-7-16-6-1-2-9-18(16)19/h1-2,6,9,17,19H,3-5,7-8,10-15H2,(H2,21,22,23)/t17-,19-/m1/s1. The second kappa shape index (κ2) is 9.78. The van der Waals surface area contributed by atoms with E-state index in [0.29, 0.717) is 25.8 Å². The molecule has 0 radical (unpaired) electrons. The Morgan fingerprint density at radius 2 is 2.04 bits per heavy atom. The minimum Gasteiger partial charge on any atom is -0.378 e. The zero-order valence-corrected chi connectivity index (χ0v) is 15.0. The first-order chi connectivity index (χ1) is 12.3. The summed E-state index contributed by atoms with van der Waals surface area (Å²) in [4.78, 5) is 11.7. The molecule has 1 aliphatic heterocycles. The number of carbonyl (C=O) groups is 1. The van der Waals surface area contributed by atoms with Gasteiger partial charge in [0, 0.05) is 26.3 Å². The Kier molecular flexibility index (Phi) is 7.12. The van der Waals surface area contributed by atoms with Crippen LogP contribution in [0, 0.1) is 0 Å². The van der Waals surface area contributed by atoms with E-state index in [0.717, 1.165) is 45.1 Å². The molecule has 5 nitrogen and oxygen atoms in total. The molecule has 0 spiro atoms. The molecule has 138 valence electrons. The minimum atomic E-state index is -0.0963. The van der Waals surface area contributed by atoms with Gasteiger partial charge in [0.1, 0.15) is 0 Å². The summed E-state index contributed by atoms with van der Waals surface area (Å²) in [6.45, 7) is 2.85. The van der Waals surface area contributed by atoms with Crippen molar-refractivity contribution in [3.8, 4) is 0 Å². The highest BCUT2D eigenvalue weighted by atomic mass is 16.5. The molecule has 1 aliphatic carbocycles. The van der Waals surface area contributed by atoms with E-state index in [2.05, 4.69) is 34.9 Å². The van der Waals surface area contributed by atoms with Gasteiger partial charge < -0.3 is 20.1 Å². The summed E-state index contributed by atoms with van der Waals surface area (Å²) in [6, 6.07) is 8.47. The number of amides is 2. The highest BCUT2D eigenvalue weighted by molar-refractivity contribution is 5.73. The van der Waals surface area contributed by atoms with E-state index in [9.17, 15) is 4.79 Å². The molecule has 2 amide bonds. The van der Waals surface area contributed by atoms with Crippen LogP contribution >= 0.6 is 0 Å². The highest BCUT2D eigenvalue weighted by Gasteiger charge is 2.20. The molecule has 1 aromatic rings. The summed E-state index contributed by atoms with van der Waals surface area (Å²) < 4.78 is 11.6. The lowest BCUT2D eigenvalue weighted by Gasteiger charge is -2.25. The molecule has 3 rings (SSSR count). The molecule has 2 aliphatic rings. The van der Waals surface area contributed by atoms with E-state index in [1.165, 1.54) is 17.5 Å². The van der Waals surface area contributed by atoms with Crippen molar-refractivity contribution in [1.29, 1.82) is 0 Å². The van der Waals surface area contributed by atoms with Gasteiger partial charge in [0.25, 0.3) is 0 Å². The third kappa shape index (κ3) is 5.72. The Morgan fingerprint density at radius 1 is 1.16 bits per heavy atom. The average Bonchev–Trinajstić information content (AvgIpc) is 3.15. The monoisotopic (exact) mass is 346 g/mol. The Labute approximate surface area is 150 Å². The largest absolute Gasteiger partial charge is 0.378 e. The van der Waals surface area contributed by atoms with Gasteiger partial charge in [0.15, 0.2) is 0 Å². The van der Waals surface area contributed by atoms with Crippen molar-refractivity contribution in [1.82, 2.24) is 10.6 Å². The lowest BCUT2D eigenvalue weighted by Crippen LogP contribution is -2.37. The van der Waals surface area contributed by atoms with Crippen LogP contribution in [0.2, 0.25) is 0 Å². The van der Waals surface area contributed by atoms with Gasteiger partial charge in [-0.1, -0.05) is 24.3 Å². The molecule has 1 aromatic carbocycles. The van der Waals surface area contributed by atoms with E-state index < -0.39 is 0 Å². The summed E-state index contributed by atoms with van der Waals surface area (Å²) in [6.07, 6.45) is 7.96. The lowest BCUT2D eigenvalue weighted by molar-refractivity contribution is 0.0396. The molecular formula is C20H30N2O3. The fourth-order valence-electron chi connectivity index (χ4n) is 3.66. The van der Waals surface area contributed by atoms with Crippen molar-refractivity contribution in [3.63, 3.8) is 0 Å². The van der Waals surface area contributed by atoms with Crippen molar-refractivity contribution >= 4 is 6.03 Å². The second-order valence-corrected chi connectivity index (χ2v) is 6.91. The Bertz CT molecular complexity index is 543. The van der Waals surface area contributed by atoms with Gasteiger partial charge in [0.05, 0.1) is 12.2 Å². The average molecular weight is 346 g/mol. The van der Waals surface area contributed by atoms with Crippen molar-refractivity contribution < 1.29 is 14.3 Å². The van der Waals surface area contributed by atoms with Crippen LogP contribution in [-0.2, 0) is 15.9 Å². The van der Waals surface area contributed by atoms with Gasteiger partial charge in [-0.05, 0) is 56.1 Å². The van der Waals surface area contributed by atoms with E-state index in [-0.39, 0.29) is 12.1 Å². The molecule has 2 atom stereocenters. The number of rotatable bonds is 8. The van der Waals surface area contributed by atoms with Gasteiger partial charge in [-0.15, -0.1) is 0 Å². The minimum absolute atomic E-state index is 0.0963. The summed E-state index contributed by atoms with van der Waals surface area (Å²) >= 11 is 0. The summed E-state index contributed by atoms with van der Waals surface area (Å²) in [5.74, 6) is 0. The zero-order chi connectivity index (χ0) is 17.3. The maximum absolute atomic E-state index is 11.7. The summed E-state index contributed by atoms with van der Waals surface area (Å²) in [5.41, 5.74) is 2.76. The Balaban J connectivity index is 1.25. The summed E-state index contributed by atoms with van der Waals surface area (Å²) in [5, 5.41) is 5.79. The zero-order valence-electron chi connectivity index (χ0n) is 15.0. The van der Waals surface area contributed by atoms with Crippen LogP contribution in [0.15, 0.2) is 24.3 Å². The van der Waals surface area contributed by atoms with Crippen molar-refractivity contribution in [3.05, 3.63) is 35.4 Å². The SMILES string of the molecule is O=C(NCCCO[C@@H]1CCCc2ccccc21)NCC[C@H]1CCCO1. The Hall–Kier alpha value is -1.59. The second-order valence-electron chi connectivity index (χ2n) is 6.91. The number of aryl methyl sites for hydroxylation is 1. The Morgan fingerprint density at radius 3 is 2.92 bits per heavy atom. The van der Waals surface area contributed by atoms with E-state index in [1.54, 1.807) is 0 Å². The van der Waals surface area contributed by atoms with E-state index in [4.69, 9.17) is 9.47 Å². The first kappa shape index (κ1) is 18.2. The number of carbonyl (C=O) groups excluding carboxylic acids is 1. The van der Waals surface area contributed by atoms with Crippen molar-refractivity contribution in [2.75, 3.05) is 26.3 Å².